The fourth-order valence-electron chi connectivity index (χ4n) is 2.68. The van der Waals surface area contributed by atoms with E-state index in [1.54, 1.807) is 6.33 Å². The van der Waals surface area contributed by atoms with Crippen molar-refractivity contribution in [2.45, 2.75) is 20.8 Å². The van der Waals surface area contributed by atoms with Gasteiger partial charge in [-0.2, -0.15) is 0 Å². The molecule has 0 saturated carbocycles. The van der Waals surface area contributed by atoms with Gasteiger partial charge in [-0.3, -0.25) is 4.90 Å². The maximum absolute atomic E-state index is 5.70. The molecule has 1 saturated heterocycles. The Labute approximate surface area is 127 Å². The van der Waals surface area contributed by atoms with E-state index in [4.69, 9.17) is 10.5 Å². The number of ether oxygens (including phenoxy) is 1. The van der Waals surface area contributed by atoms with Crippen molar-refractivity contribution in [1.29, 1.82) is 0 Å². The van der Waals surface area contributed by atoms with E-state index in [0.717, 1.165) is 50.6 Å². The molecule has 2 rings (SSSR count). The molecule has 6 heteroatoms. The summed E-state index contributed by atoms with van der Waals surface area (Å²) in [7, 11) is 0. The third kappa shape index (κ3) is 4.04. The molecule has 0 amide bonds. The summed E-state index contributed by atoms with van der Waals surface area (Å²) in [6.07, 6.45) is 1.59. The Morgan fingerprint density at radius 3 is 2.62 bits per heavy atom. The summed E-state index contributed by atoms with van der Waals surface area (Å²) in [6, 6.07) is 0. The molecule has 1 aromatic heterocycles. The molecule has 1 aromatic rings. The number of hydrogen-bond donors (Lipinski definition) is 1. The fourth-order valence-corrected chi connectivity index (χ4v) is 2.68. The summed E-state index contributed by atoms with van der Waals surface area (Å²) in [6.45, 7) is 12.7. The molecule has 1 aliphatic rings. The van der Waals surface area contributed by atoms with Gasteiger partial charge in [0.15, 0.2) is 0 Å². The second-order valence-electron chi connectivity index (χ2n) is 5.69. The van der Waals surface area contributed by atoms with Gasteiger partial charge < -0.3 is 15.4 Å². The Balaban J connectivity index is 1.97. The maximum Gasteiger partial charge on any atom is 0.221 e. The molecule has 2 N–H and O–H groups in total. The highest BCUT2D eigenvalue weighted by molar-refractivity contribution is 5.50. The molecule has 2 heterocycles. The monoisotopic (exact) mass is 293 g/mol. The molecular weight excluding hydrogens is 266 g/mol. The van der Waals surface area contributed by atoms with Crippen molar-refractivity contribution >= 4 is 5.82 Å². The normalized spacial score (nSPS) is 17.8. The first-order valence-corrected chi connectivity index (χ1v) is 7.77. The molecule has 1 fully saturated rings. The molecule has 1 atom stereocenters. The van der Waals surface area contributed by atoms with Gasteiger partial charge in [-0.15, -0.1) is 0 Å². The van der Waals surface area contributed by atoms with Gasteiger partial charge in [0.25, 0.3) is 0 Å². The van der Waals surface area contributed by atoms with E-state index in [0.29, 0.717) is 18.4 Å². The quantitative estimate of drug-likeness (QED) is 0.840. The second kappa shape index (κ2) is 7.56. The van der Waals surface area contributed by atoms with Crippen LogP contribution in [0.2, 0.25) is 0 Å². The van der Waals surface area contributed by atoms with Gasteiger partial charge >= 0.3 is 0 Å². The largest absolute Gasteiger partial charge is 0.478 e. The Morgan fingerprint density at radius 1 is 1.29 bits per heavy atom. The van der Waals surface area contributed by atoms with E-state index in [2.05, 4.69) is 26.7 Å². The van der Waals surface area contributed by atoms with Gasteiger partial charge in [0.1, 0.15) is 12.1 Å². The van der Waals surface area contributed by atoms with Crippen LogP contribution < -0.4 is 15.4 Å². The van der Waals surface area contributed by atoms with Gasteiger partial charge in [0, 0.05) is 32.7 Å². The smallest absolute Gasteiger partial charge is 0.221 e. The van der Waals surface area contributed by atoms with Crippen LogP contribution in [-0.2, 0) is 0 Å². The van der Waals surface area contributed by atoms with Crippen LogP contribution >= 0.6 is 0 Å². The van der Waals surface area contributed by atoms with Gasteiger partial charge in [-0.05, 0) is 26.3 Å². The first-order valence-electron chi connectivity index (χ1n) is 7.77. The molecule has 1 aliphatic heterocycles. The Kier molecular flexibility index (Phi) is 5.76. The fraction of sp³-hybridized carbons (Fsp3) is 0.733. The van der Waals surface area contributed by atoms with Crippen LogP contribution in [0.1, 0.15) is 19.4 Å². The van der Waals surface area contributed by atoms with Crippen molar-refractivity contribution in [3.63, 3.8) is 0 Å². The van der Waals surface area contributed by atoms with Crippen LogP contribution in [0.4, 0.5) is 5.82 Å². The van der Waals surface area contributed by atoms with E-state index in [9.17, 15) is 0 Å². The van der Waals surface area contributed by atoms with Gasteiger partial charge in [0.05, 0.1) is 12.2 Å². The third-order valence-electron chi connectivity index (χ3n) is 3.94. The summed E-state index contributed by atoms with van der Waals surface area (Å²) in [5.41, 5.74) is 6.74. The molecule has 0 aromatic carbocycles. The molecule has 0 aliphatic carbocycles. The highest BCUT2D eigenvalue weighted by Crippen LogP contribution is 2.24. The highest BCUT2D eigenvalue weighted by Gasteiger charge is 2.21. The first kappa shape index (κ1) is 16.0. The number of nitrogens with zero attached hydrogens (tertiary/aromatic N) is 4. The molecule has 1 unspecified atom stereocenters. The van der Waals surface area contributed by atoms with E-state index >= 15 is 0 Å². The zero-order valence-electron chi connectivity index (χ0n) is 13.4. The van der Waals surface area contributed by atoms with Crippen LogP contribution in [0, 0.1) is 12.8 Å². The van der Waals surface area contributed by atoms with E-state index in [1.165, 1.54) is 0 Å². The van der Waals surface area contributed by atoms with Crippen molar-refractivity contribution in [3.8, 4) is 5.88 Å². The van der Waals surface area contributed by atoms with Crippen molar-refractivity contribution in [3.05, 3.63) is 11.9 Å². The predicted octanol–water partition coefficient (Wildman–Crippen LogP) is 0.901. The molecule has 0 bridgehead atoms. The van der Waals surface area contributed by atoms with Crippen LogP contribution in [0.15, 0.2) is 6.33 Å². The van der Waals surface area contributed by atoms with Gasteiger partial charge in [0.2, 0.25) is 5.88 Å². The molecule has 6 nitrogen and oxygen atoms in total. The van der Waals surface area contributed by atoms with Crippen molar-refractivity contribution in [1.82, 2.24) is 14.9 Å². The van der Waals surface area contributed by atoms with Crippen LogP contribution in [0.5, 0.6) is 5.88 Å². The minimum Gasteiger partial charge on any atom is -0.478 e. The minimum atomic E-state index is 0.557. The summed E-state index contributed by atoms with van der Waals surface area (Å²) in [5, 5.41) is 0. The van der Waals surface area contributed by atoms with Crippen molar-refractivity contribution in [2.24, 2.45) is 11.7 Å². The lowest BCUT2D eigenvalue weighted by atomic mass is 10.1. The molecule has 21 heavy (non-hydrogen) atoms. The Hall–Kier alpha value is -1.40. The minimum absolute atomic E-state index is 0.557. The zero-order chi connectivity index (χ0) is 15.2. The molecule has 0 spiro atoms. The van der Waals surface area contributed by atoms with Crippen molar-refractivity contribution < 1.29 is 4.74 Å². The highest BCUT2D eigenvalue weighted by atomic mass is 16.5. The maximum atomic E-state index is 5.70. The van der Waals surface area contributed by atoms with Crippen LogP contribution in [-0.4, -0.2) is 60.7 Å². The predicted molar refractivity (Wildman–Crippen MR) is 84.8 cm³/mol. The SMILES string of the molecule is CCOc1ncnc(N2CCN(CC(C)CN)CC2)c1C. The number of rotatable bonds is 6. The summed E-state index contributed by atoms with van der Waals surface area (Å²) in [4.78, 5) is 13.5. The third-order valence-corrected chi connectivity index (χ3v) is 3.94. The van der Waals surface area contributed by atoms with E-state index < -0.39 is 0 Å². The van der Waals surface area contributed by atoms with E-state index in [1.807, 2.05) is 13.8 Å². The first-order chi connectivity index (χ1) is 10.2. The van der Waals surface area contributed by atoms with Crippen molar-refractivity contribution in [2.75, 3.05) is 50.8 Å². The molecule has 0 radical (unpaired) electrons. The lowest BCUT2D eigenvalue weighted by molar-refractivity contribution is 0.226. The lowest BCUT2D eigenvalue weighted by Crippen LogP contribution is -2.48. The number of piperazine rings is 1. The summed E-state index contributed by atoms with van der Waals surface area (Å²) < 4.78 is 5.55. The van der Waals surface area contributed by atoms with Gasteiger partial charge in [-0.25, -0.2) is 9.97 Å². The summed E-state index contributed by atoms with van der Waals surface area (Å²) >= 11 is 0. The zero-order valence-corrected chi connectivity index (χ0v) is 13.4. The van der Waals surface area contributed by atoms with Crippen LogP contribution in [0.3, 0.4) is 0 Å². The number of nitrogens with two attached hydrogens (primary N) is 1. The number of anilines is 1. The Bertz CT molecular complexity index is 446. The summed E-state index contributed by atoms with van der Waals surface area (Å²) in [5.74, 6) is 2.25. The van der Waals surface area contributed by atoms with E-state index in [-0.39, 0.29) is 0 Å². The van der Waals surface area contributed by atoms with Gasteiger partial charge in [-0.1, -0.05) is 6.92 Å². The average Bonchev–Trinajstić information content (AvgIpc) is 2.50. The topological polar surface area (TPSA) is 67.5 Å². The van der Waals surface area contributed by atoms with Crippen LogP contribution in [0.25, 0.3) is 0 Å². The lowest BCUT2D eigenvalue weighted by Gasteiger charge is -2.37. The number of hydrogen-bond acceptors (Lipinski definition) is 6. The average molecular weight is 293 g/mol. The standard InChI is InChI=1S/C15H27N5O/c1-4-21-15-13(3)14(17-11-18-15)20-7-5-19(6-8-20)10-12(2)9-16/h11-12H,4-10,16H2,1-3H3. The second-order valence-corrected chi connectivity index (χ2v) is 5.69. The Morgan fingerprint density at radius 2 is 2.00 bits per heavy atom. The molecular formula is C15H27N5O. The number of aromatic nitrogens is 2. The molecule has 118 valence electrons.